The predicted molar refractivity (Wildman–Crippen MR) is 84.8 cm³/mol. The minimum atomic E-state index is -0.585. The molecular weight excluding hydrogens is 304 g/mol. The maximum Gasteiger partial charge on any atom is 0.308 e. The van der Waals surface area contributed by atoms with Gasteiger partial charge in [0.05, 0.1) is 6.42 Å². The lowest BCUT2D eigenvalue weighted by Gasteiger charge is -2.37. The molecule has 0 fully saturated rings. The minimum Gasteiger partial charge on any atom is -0.486 e. The minimum absolute atomic E-state index is 0.178. The van der Waals surface area contributed by atoms with Crippen LogP contribution in [0, 0.1) is 20.8 Å². The highest BCUT2D eigenvalue weighted by molar-refractivity contribution is 6.63. The summed E-state index contributed by atoms with van der Waals surface area (Å²) in [6, 6.07) is 0. The molecule has 22 heavy (non-hydrogen) atoms. The van der Waals surface area contributed by atoms with Gasteiger partial charge in [0.2, 0.25) is 5.24 Å². The summed E-state index contributed by atoms with van der Waals surface area (Å²) in [5, 5.41) is -0.395. The van der Waals surface area contributed by atoms with E-state index in [4.69, 9.17) is 21.1 Å². The summed E-state index contributed by atoms with van der Waals surface area (Å²) in [4.78, 5) is 22.6. The van der Waals surface area contributed by atoms with Gasteiger partial charge < -0.3 is 9.47 Å². The molecule has 0 radical (unpaired) electrons. The van der Waals surface area contributed by atoms with Crippen LogP contribution >= 0.6 is 11.6 Å². The molecule has 0 N–H and O–H groups in total. The van der Waals surface area contributed by atoms with E-state index in [1.165, 1.54) is 6.92 Å². The van der Waals surface area contributed by atoms with Crippen LogP contribution in [0.25, 0.3) is 0 Å². The largest absolute Gasteiger partial charge is 0.486 e. The van der Waals surface area contributed by atoms with Crippen molar-refractivity contribution >= 4 is 22.8 Å². The van der Waals surface area contributed by atoms with Gasteiger partial charge in [0.1, 0.15) is 17.1 Å². The molecule has 4 nitrogen and oxygen atoms in total. The fourth-order valence-electron chi connectivity index (χ4n) is 3.00. The summed E-state index contributed by atoms with van der Waals surface area (Å²) in [7, 11) is 0. The SMILES string of the molecule is CC(=O)Oc1c(C)c(C)c2c(c1C)CC[C@](C)(CC(=O)Cl)O2. The van der Waals surface area contributed by atoms with E-state index in [0.717, 1.165) is 34.4 Å². The summed E-state index contributed by atoms with van der Waals surface area (Å²) in [5.74, 6) is 1.07. The summed E-state index contributed by atoms with van der Waals surface area (Å²) >= 11 is 5.54. The summed E-state index contributed by atoms with van der Waals surface area (Å²) < 4.78 is 11.5. The number of carbonyl (C=O) groups is 2. The molecule has 1 aromatic carbocycles. The van der Waals surface area contributed by atoms with Crippen molar-refractivity contribution < 1.29 is 19.1 Å². The average Bonchev–Trinajstić information content (AvgIpc) is 2.39. The molecule has 0 spiro atoms. The Hall–Kier alpha value is -1.55. The third-order valence-corrected chi connectivity index (χ3v) is 4.46. The average molecular weight is 325 g/mol. The van der Waals surface area contributed by atoms with Crippen LogP contribution in [0.2, 0.25) is 0 Å². The van der Waals surface area contributed by atoms with Gasteiger partial charge in [0.25, 0.3) is 0 Å². The lowest BCUT2D eigenvalue weighted by molar-refractivity contribution is -0.132. The third kappa shape index (κ3) is 3.12. The van der Waals surface area contributed by atoms with Gasteiger partial charge in [0, 0.05) is 12.5 Å². The van der Waals surface area contributed by atoms with Crippen molar-refractivity contribution in [1.29, 1.82) is 0 Å². The van der Waals surface area contributed by atoms with Gasteiger partial charge in [-0.2, -0.15) is 0 Å². The highest BCUT2D eigenvalue weighted by atomic mass is 35.5. The standard InChI is InChI=1S/C17H21ClO4/c1-9-10(2)16-13(11(3)15(9)21-12(4)19)6-7-17(5,22-16)8-14(18)20/h6-8H2,1-5H3/t17-/m1/s1. The van der Waals surface area contributed by atoms with Crippen LogP contribution in [0.15, 0.2) is 0 Å². The number of esters is 1. The van der Waals surface area contributed by atoms with Crippen molar-refractivity contribution in [3.63, 3.8) is 0 Å². The first-order valence-electron chi connectivity index (χ1n) is 7.33. The van der Waals surface area contributed by atoms with Crippen LogP contribution in [0.5, 0.6) is 11.5 Å². The van der Waals surface area contributed by atoms with Gasteiger partial charge in [-0.3, -0.25) is 9.59 Å². The number of benzene rings is 1. The van der Waals surface area contributed by atoms with Crippen molar-refractivity contribution in [3.05, 3.63) is 22.3 Å². The molecule has 1 heterocycles. The lowest BCUT2D eigenvalue weighted by atomic mass is 9.86. The van der Waals surface area contributed by atoms with E-state index in [1.807, 2.05) is 27.7 Å². The first kappa shape index (κ1) is 16.8. The molecule has 1 atom stereocenters. The fourth-order valence-corrected chi connectivity index (χ4v) is 3.28. The van der Waals surface area contributed by atoms with Gasteiger partial charge in [-0.1, -0.05) is 0 Å². The number of halogens is 1. The summed E-state index contributed by atoms with van der Waals surface area (Å²) in [6.45, 7) is 9.08. The van der Waals surface area contributed by atoms with Crippen LogP contribution < -0.4 is 9.47 Å². The van der Waals surface area contributed by atoms with E-state index in [9.17, 15) is 9.59 Å². The van der Waals surface area contributed by atoms with E-state index < -0.39 is 10.8 Å². The van der Waals surface area contributed by atoms with E-state index in [1.54, 1.807) is 0 Å². The Morgan fingerprint density at radius 3 is 2.41 bits per heavy atom. The number of rotatable bonds is 3. The maximum atomic E-state index is 11.3. The number of hydrogen-bond acceptors (Lipinski definition) is 4. The van der Waals surface area contributed by atoms with Crippen molar-refractivity contribution in [2.24, 2.45) is 0 Å². The molecule has 0 amide bonds. The smallest absolute Gasteiger partial charge is 0.308 e. The summed E-state index contributed by atoms with van der Waals surface area (Å²) in [6.07, 6.45) is 1.63. The lowest BCUT2D eigenvalue weighted by Crippen LogP contribution is -2.38. The molecule has 120 valence electrons. The molecule has 0 saturated carbocycles. The molecule has 2 rings (SSSR count). The number of fused-ring (bicyclic) bond motifs is 1. The second kappa shape index (κ2) is 5.92. The van der Waals surface area contributed by atoms with Crippen molar-refractivity contribution in [2.75, 3.05) is 0 Å². The Morgan fingerprint density at radius 1 is 1.23 bits per heavy atom. The van der Waals surface area contributed by atoms with Crippen LogP contribution in [-0.4, -0.2) is 16.8 Å². The van der Waals surface area contributed by atoms with Gasteiger partial charge in [-0.05, 0) is 68.8 Å². The highest BCUT2D eigenvalue weighted by Gasteiger charge is 2.36. The van der Waals surface area contributed by atoms with E-state index >= 15 is 0 Å². The van der Waals surface area contributed by atoms with Gasteiger partial charge in [-0.25, -0.2) is 0 Å². The molecule has 0 saturated heterocycles. The molecule has 0 aliphatic carbocycles. The van der Waals surface area contributed by atoms with Crippen molar-refractivity contribution in [2.45, 2.75) is 59.5 Å². The van der Waals surface area contributed by atoms with E-state index in [2.05, 4.69) is 0 Å². The summed E-state index contributed by atoms with van der Waals surface area (Å²) in [5.41, 5.74) is 3.20. The van der Waals surface area contributed by atoms with Crippen molar-refractivity contribution in [1.82, 2.24) is 0 Å². The second-order valence-electron chi connectivity index (χ2n) is 6.19. The Balaban J connectivity index is 2.50. The number of hydrogen-bond donors (Lipinski definition) is 0. The quantitative estimate of drug-likeness (QED) is 0.482. The monoisotopic (exact) mass is 324 g/mol. The van der Waals surface area contributed by atoms with Gasteiger partial charge in [-0.15, -0.1) is 0 Å². The van der Waals surface area contributed by atoms with Gasteiger partial charge >= 0.3 is 5.97 Å². The van der Waals surface area contributed by atoms with E-state index in [-0.39, 0.29) is 12.4 Å². The van der Waals surface area contributed by atoms with Crippen LogP contribution in [0.3, 0.4) is 0 Å². The fraction of sp³-hybridized carbons (Fsp3) is 0.529. The molecule has 1 aliphatic heterocycles. The third-order valence-electron chi connectivity index (χ3n) is 4.32. The van der Waals surface area contributed by atoms with Gasteiger partial charge in [0.15, 0.2) is 0 Å². The molecule has 0 aromatic heterocycles. The highest BCUT2D eigenvalue weighted by Crippen LogP contribution is 2.44. The zero-order valence-electron chi connectivity index (χ0n) is 13.6. The van der Waals surface area contributed by atoms with Crippen molar-refractivity contribution in [3.8, 4) is 11.5 Å². The molecule has 5 heteroatoms. The zero-order chi connectivity index (χ0) is 16.7. The Kier molecular flexibility index (Phi) is 4.52. The first-order chi connectivity index (χ1) is 10.1. The first-order valence-corrected chi connectivity index (χ1v) is 7.71. The van der Waals surface area contributed by atoms with Crippen LogP contribution in [0.1, 0.15) is 48.9 Å². The normalized spacial score (nSPS) is 20.1. The molecule has 1 aromatic rings. The van der Waals surface area contributed by atoms with Crippen LogP contribution in [0.4, 0.5) is 0 Å². The Bertz CT molecular complexity index is 651. The number of carbonyl (C=O) groups excluding carboxylic acids is 2. The zero-order valence-corrected chi connectivity index (χ0v) is 14.4. The maximum absolute atomic E-state index is 11.3. The van der Waals surface area contributed by atoms with E-state index in [0.29, 0.717) is 12.2 Å². The topological polar surface area (TPSA) is 52.6 Å². The molecule has 0 bridgehead atoms. The molecule has 0 unspecified atom stereocenters. The molecular formula is C17H21ClO4. The van der Waals surface area contributed by atoms with Crippen LogP contribution in [-0.2, 0) is 16.0 Å². The number of ether oxygens (including phenoxy) is 2. The molecule has 1 aliphatic rings. The second-order valence-corrected chi connectivity index (χ2v) is 6.61. The Labute approximate surface area is 135 Å². The Morgan fingerprint density at radius 2 is 1.86 bits per heavy atom. The predicted octanol–water partition coefficient (Wildman–Crippen LogP) is 3.78.